The number of hydrogen-bond donors (Lipinski definition) is 0. The SMILES string of the molecule is COCC(=O)N1CC[C@@]2(CN(C)C[C@H]2COCc2cccnc2)C1. The smallest absolute Gasteiger partial charge is 0.248 e. The lowest BCUT2D eigenvalue weighted by Crippen LogP contribution is -2.39. The molecule has 6 nitrogen and oxygen atoms in total. The maximum Gasteiger partial charge on any atom is 0.248 e. The van der Waals surface area contributed by atoms with Gasteiger partial charge < -0.3 is 19.3 Å². The summed E-state index contributed by atoms with van der Waals surface area (Å²) < 4.78 is 11.0. The molecule has 2 fully saturated rings. The van der Waals surface area contributed by atoms with E-state index in [2.05, 4.69) is 16.9 Å². The minimum atomic E-state index is 0.0963. The van der Waals surface area contributed by atoms with E-state index in [0.29, 0.717) is 12.5 Å². The van der Waals surface area contributed by atoms with Crippen molar-refractivity contribution in [2.24, 2.45) is 11.3 Å². The van der Waals surface area contributed by atoms with Gasteiger partial charge in [0.2, 0.25) is 5.91 Å². The average molecular weight is 333 g/mol. The number of aromatic nitrogens is 1. The third-order valence-electron chi connectivity index (χ3n) is 5.30. The Balaban J connectivity index is 1.57. The topological polar surface area (TPSA) is 54.9 Å². The van der Waals surface area contributed by atoms with E-state index in [1.807, 2.05) is 23.2 Å². The summed E-state index contributed by atoms with van der Waals surface area (Å²) >= 11 is 0. The molecule has 1 amide bonds. The number of amides is 1. The normalized spacial score (nSPS) is 27.2. The van der Waals surface area contributed by atoms with Gasteiger partial charge in [0, 0.05) is 57.0 Å². The number of pyridine rings is 1. The Hall–Kier alpha value is -1.50. The molecule has 3 heterocycles. The van der Waals surface area contributed by atoms with Crippen molar-refractivity contribution in [1.29, 1.82) is 0 Å². The van der Waals surface area contributed by atoms with Crippen molar-refractivity contribution in [3.63, 3.8) is 0 Å². The van der Waals surface area contributed by atoms with Crippen LogP contribution in [0.4, 0.5) is 0 Å². The van der Waals surface area contributed by atoms with E-state index in [-0.39, 0.29) is 17.9 Å². The first-order valence-corrected chi connectivity index (χ1v) is 8.55. The van der Waals surface area contributed by atoms with Crippen LogP contribution < -0.4 is 0 Å². The Morgan fingerprint density at radius 2 is 2.33 bits per heavy atom. The third kappa shape index (κ3) is 3.77. The molecule has 0 N–H and O–H groups in total. The van der Waals surface area contributed by atoms with Crippen LogP contribution in [0.3, 0.4) is 0 Å². The van der Waals surface area contributed by atoms with Crippen molar-refractivity contribution in [2.45, 2.75) is 13.0 Å². The van der Waals surface area contributed by atoms with Gasteiger partial charge in [0.1, 0.15) is 6.61 Å². The van der Waals surface area contributed by atoms with Gasteiger partial charge in [-0.2, -0.15) is 0 Å². The lowest BCUT2D eigenvalue weighted by molar-refractivity contribution is -0.134. The molecule has 0 radical (unpaired) electrons. The van der Waals surface area contributed by atoms with Crippen molar-refractivity contribution in [2.75, 3.05) is 53.6 Å². The van der Waals surface area contributed by atoms with E-state index in [9.17, 15) is 4.79 Å². The minimum Gasteiger partial charge on any atom is -0.376 e. The summed E-state index contributed by atoms with van der Waals surface area (Å²) in [5.74, 6) is 0.554. The van der Waals surface area contributed by atoms with Crippen LogP contribution in [-0.4, -0.2) is 74.2 Å². The first-order chi connectivity index (χ1) is 11.6. The van der Waals surface area contributed by atoms with Crippen molar-refractivity contribution in [3.8, 4) is 0 Å². The molecule has 1 aromatic heterocycles. The molecule has 1 aromatic rings. The highest BCUT2D eigenvalue weighted by Gasteiger charge is 2.50. The summed E-state index contributed by atoms with van der Waals surface area (Å²) in [6.07, 6.45) is 4.67. The number of nitrogens with zero attached hydrogens (tertiary/aromatic N) is 3. The van der Waals surface area contributed by atoms with Gasteiger partial charge in [-0.3, -0.25) is 9.78 Å². The van der Waals surface area contributed by atoms with Gasteiger partial charge in [-0.05, 0) is 25.1 Å². The molecule has 3 rings (SSSR count). The second-order valence-corrected chi connectivity index (χ2v) is 7.13. The van der Waals surface area contributed by atoms with Crippen molar-refractivity contribution in [1.82, 2.24) is 14.8 Å². The zero-order valence-electron chi connectivity index (χ0n) is 14.6. The van der Waals surface area contributed by atoms with E-state index in [1.165, 1.54) is 0 Å². The van der Waals surface area contributed by atoms with Gasteiger partial charge in [0.25, 0.3) is 0 Å². The summed E-state index contributed by atoms with van der Waals surface area (Å²) in [6.45, 7) is 5.20. The van der Waals surface area contributed by atoms with E-state index in [1.54, 1.807) is 13.3 Å². The maximum atomic E-state index is 12.1. The first kappa shape index (κ1) is 17.3. The quantitative estimate of drug-likeness (QED) is 0.778. The number of methoxy groups -OCH3 is 1. The zero-order chi connectivity index (χ0) is 17.0. The fraction of sp³-hybridized carbons (Fsp3) is 0.667. The Morgan fingerprint density at radius 1 is 1.46 bits per heavy atom. The summed E-state index contributed by atoms with van der Waals surface area (Å²) in [6, 6.07) is 3.96. The third-order valence-corrected chi connectivity index (χ3v) is 5.30. The van der Waals surface area contributed by atoms with E-state index in [0.717, 1.165) is 44.8 Å². The molecule has 2 aliphatic rings. The largest absolute Gasteiger partial charge is 0.376 e. The molecular weight excluding hydrogens is 306 g/mol. The molecular formula is C18H27N3O3. The summed E-state index contributed by atoms with van der Waals surface area (Å²) in [5.41, 5.74) is 1.26. The highest BCUT2D eigenvalue weighted by atomic mass is 16.5. The molecule has 132 valence electrons. The lowest BCUT2D eigenvalue weighted by Gasteiger charge is -2.30. The average Bonchev–Trinajstić information content (AvgIpc) is 3.13. The Morgan fingerprint density at radius 3 is 3.08 bits per heavy atom. The standard InChI is InChI=1S/C18H27N3O3/c1-20-9-16(11-24-10-15-4-3-6-19-8-15)18(13-20)5-7-21(14-18)17(22)12-23-2/h3-4,6,8,16H,5,7,9-14H2,1-2H3/t16-,18+/m0/s1. The van der Waals surface area contributed by atoms with Crippen LogP contribution in [0.1, 0.15) is 12.0 Å². The maximum absolute atomic E-state index is 12.1. The van der Waals surface area contributed by atoms with Crippen molar-refractivity contribution in [3.05, 3.63) is 30.1 Å². The summed E-state index contributed by atoms with van der Waals surface area (Å²) in [5, 5.41) is 0. The number of rotatable bonds is 6. The first-order valence-electron chi connectivity index (χ1n) is 8.55. The van der Waals surface area contributed by atoms with Crippen LogP contribution in [0.2, 0.25) is 0 Å². The van der Waals surface area contributed by atoms with Gasteiger partial charge in [0.15, 0.2) is 0 Å². The molecule has 2 saturated heterocycles. The molecule has 24 heavy (non-hydrogen) atoms. The molecule has 2 aliphatic heterocycles. The molecule has 0 bridgehead atoms. The lowest BCUT2D eigenvalue weighted by atomic mass is 9.77. The molecule has 0 saturated carbocycles. The molecule has 2 atom stereocenters. The highest BCUT2D eigenvalue weighted by molar-refractivity contribution is 5.77. The van der Waals surface area contributed by atoms with Crippen LogP contribution in [0.15, 0.2) is 24.5 Å². The second kappa shape index (κ2) is 7.59. The molecule has 0 aromatic carbocycles. The zero-order valence-corrected chi connectivity index (χ0v) is 14.6. The van der Waals surface area contributed by atoms with Crippen LogP contribution in [-0.2, 0) is 20.9 Å². The monoisotopic (exact) mass is 333 g/mol. The highest BCUT2D eigenvalue weighted by Crippen LogP contribution is 2.43. The van der Waals surface area contributed by atoms with Crippen LogP contribution in [0, 0.1) is 11.3 Å². The van der Waals surface area contributed by atoms with E-state index < -0.39 is 0 Å². The predicted molar refractivity (Wildman–Crippen MR) is 90.4 cm³/mol. The number of likely N-dealkylation sites (tertiary alicyclic amines) is 2. The van der Waals surface area contributed by atoms with Gasteiger partial charge in [-0.25, -0.2) is 0 Å². The summed E-state index contributed by atoms with van der Waals surface area (Å²) in [4.78, 5) is 20.6. The molecule has 0 aliphatic carbocycles. The molecule has 6 heteroatoms. The predicted octanol–water partition coefficient (Wildman–Crippen LogP) is 1.02. The number of ether oxygens (including phenoxy) is 2. The second-order valence-electron chi connectivity index (χ2n) is 7.13. The van der Waals surface area contributed by atoms with Gasteiger partial charge in [-0.1, -0.05) is 6.07 Å². The number of hydrogen-bond acceptors (Lipinski definition) is 5. The van der Waals surface area contributed by atoms with Crippen molar-refractivity contribution >= 4 is 5.91 Å². The molecule has 1 spiro atoms. The Kier molecular flexibility index (Phi) is 5.48. The van der Waals surface area contributed by atoms with Gasteiger partial charge in [-0.15, -0.1) is 0 Å². The van der Waals surface area contributed by atoms with Crippen molar-refractivity contribution < 1.29 is 14.3 Å². The summed E-state index contributed by atoms with van der Waals surface area (Å²) in [7, 11) is 3.73. The Labute approximate surface area is 143 Å². The minimum absolute atomic E-state index is 0.0963. The van der Waals surface area contributed by atoms with E-state index in [4.69, 9.17) is 9.47 Å². The molecule has 0 unspecified atom stereocenters. The fourth-order valence-corrected chi connectivity index (χ4v) is 4.12. The van der Waals surface area contributed by atoms with Crippen LogP contribution >= 0.6 is 0 Å². The number of carbonyl (C=O) groups excluding carboxylic acids is 1. The van der Waals surface area contributed by atoms with Gasteiger partial charge in [0.05, 0.1) is 13.2 Å². The van der Waals surface area contributed by atoms with Crippen LogP contribution in [0.25, 0.3) is 0 Å². The number of carbonyl (C=O) groups is 1. The fourth-order valence-electron chi connectivity index (χ4n) is 4.12. The van der Waals surface area contributed by atoms with Crippen LogP contribution in [0.5, 0.6) is 0 Å². The Bertz CT molecular complexity index is 554. The van der Waals surface area contributed by atoms with E-state index >= 15 is 0 Å². The van der Waals surface area contributed by atoms with Gasteiger partial charge >= 0.3 is 0 Å².